The highest BCUT2D eigenvalue weighted by atomic mass is 16.3. The van der Waals surface area contributed by atoms with E-state index in [-0.39, 0.29) is 0 Å². The molecule has 3 nitrogen and oxygen atoms in total. The van der Waals surface area contributed by atoms with E-state index in [0.29, 0.717) is 0 Å². The van der Waals surface area contributed by atoms with Crippen LogP contribution in [0.5, 0.6) is 0 Å². The largest absolute Gasteiger partial charge is 0.456 e. The lowest BCUT2D eigenvalue weighted by atomic mass is 9.99. The maximum absolute atomic E-state index is 6.09. The molecule has 256 valence electrons. The lowest BCUT2D eigenvalue weighted by Crippen LogP contribution is -1.94. The summed E-state index contributed by atoms with van der Waals surface area (Å²) in [6, 6.07) is 70.4. The third kappa shape index (κ3) is 4.57. The average molecular weight is 701 g/mol. The maximum atomic E-state index is 6.09. The van der Waals surface area contributed by atoms with E-state index >= 15 is 0 Å². The first-order chi connectivity index (χ1) is 27.2. The number of nitrogens with zero attached hydrogens (tertiary/aromatic N) is 2. The summed E-state index contributed by atoms with van der Waals surface area (Å²) in [7, 11) is 0. The highest BCUT2D eigenvalue weighted by Crippen LogP contribution is 2.39. The topological polar surface area (TPSA) is 23.0 Å². The molecule has 0 fully saturated rings. The van der Waals surface area contributed by atoms with Crippen molar-refractivity contribution >= 4 is 76.3 Å². The molecule has 0 amide bonds. The third-order valence-electron chi connectivity index (χ3n) is 11.5. The lowest BCUT2D eigenvalue weighted by Gasteiger charge is -2.11. The maximum Gasteiger partial charge on any atom is 0.135 e. The van der Waals surface area contributed by atoms with E-state index in [2.05, 4.69) is 191 Å². The second kappa shape index (κ2) is 11.6. The summed E-state index contributed by atoms with van der Waals surface area (Å²) in [5.41, 5.74) is 13.8. The number of benzene rings is 9. The fourth-order valence-electron chi connectivity index (χ4n) is 8.90. The van der Waals surface area contributed by atoms with Gasteiger partial charge in [-0.05, 0) is 118 Å². The Hall–Kier alpha value is -7.36. The lowest BCUT2D eigenvalue weighted by molar-refractivity contribution is 0.669. The predicted molar refractivity (Wildman–Crippen MR) is 231 cm³/mol. The van der Waals surface area contributed by atoms with E-state index in [1.54, 1.807) is 0 Å². The summed E-state index contributed by atoms with van der Waals surface area (Å²) in [5.74, 6) is 0. The Bertz CT molecular complexity index is 3490. The standard InChI is InChI=1S/C52H32N2O/c1-2-10-39(11-3-1)53-47-15-7-4-12-41(47)44-30-36(21-25-49(44)53)37-22-26-50-45(31-37)42-13-5-8-16-48(42)54(50)40-24-20-34-28-33(18-19-35(34)29-40)38-23-27-52-46(32-38)43-14-6-9-17-51(43)55-52/h1-32H. The molecule has 3 heterocycles. The van der Waals surface area contributed by atoms with Crippen LogP contribution in [0.4, 0.5) is 0 Å². The molecule has 0 spiro atoms. The molecule has 12 rings (SSSR count). The molecule has 55 heavy (non-hydrogen) atoms. The second-order valence-corrected chi connectivity index (χ2v) is 14.6. The number of hydrogen-bond acceptors (Lipinski definition) is 1. The Balaban J connectivity index is 0.959. The third-order valence-corrected chi connectivity index (χ3v) is 11.5. The van der Waals surface area contributed by atoms with Crippen LogP contribution in [0.2, 0.25) is 0 Å². The molecular formula is C52H32N2O. The zero-order valence-corrected chi connectivity index (χ0v) is 29.8. The predicted octanol–water partition coefficient (Wildman–Crippen LogP) is 14.3. The number of aromatic nitrogens is 2. The Morgan fingerprint density at radius 3 is 1.45 bits per heavy atom. The van der Waals surface area contributed by atoms with Gasteiger partial charge in [-0.1, -0.05) is 109 Å². The van der Waals surface area contributed by atoms with Crippen molar-refractivity contribution in [2.24, 2.45) is 0 Å². The minimum absolute atomic E-state index is 0.918. The SMILES string of the molecule is c1ccc(-n2c3ccccc3c3cc(-c4ccc5c(c4)c4ccccc4n5-c4ccc5cc(-c6ccc7oc8ccccc8c7c6)ccc5c4)ccc32)cc1. The Kier molecular flexibility index (Phi) is 6.34. The van der Waals surface area contributed by atoms with Gasteiger partial charge in [-0.25, -0.2) is 0 Å². The Morgan fingerprint density at radius 2 is 0.745 bits per heavy atom. The van der Waals surface area contributed by atoms with Gasteiger partial charge in [0.1, 0.15) is 11.2 Å². The van der Waals surface area contributed by atoms with Gasteiger partial charge in [-0.15, -0.1) is 0 Å². The first-order valence-corrected chi connectivity index (χ1v) is 18.8. The van der Waals surface area contributed by atoms with Crippen LogP contribution in [0, 0.1) is 0 Å². The molecule has 12 aromatic rings. The minimum atomic E-state index is 0.918. The summed E-state index contributed by atoms with van der Waals surface area (Å²) >= 11 is 0. The van der Waals surface area contributed by atoms with Crippen LogP contribution in [0.1, 0.15) is 0 Å². The van der Waals surface area contributed by atoms with Crippen LogP contribution in [0.15, 0.2) is 199 Å². The highest BCUT2D eigenvalue weighted by Gasteiger charge is 2.17. The summed E-state index contributed by atoms with van der Waals surface area (Å²) < 4.78 is 10.9. The van der Waals surface area contributed by atoms with E-state index < -0.39 is 0 Å². The molecule has 0 aliphatic carbocycles. The van der Waals surface area contributed by atoms with Gasteiger partial charge in [0.25, 0.3) is 0 Å². The van der Waals surface area contributed by atoms with E-state index in [1.807, 2.05) is 12.1 Å². The van der Waals surface area contributed by atoms with E-state index in [1.165, 1.54) is 82.3 Å². The number of fused-ring (bicyclic) bond motifs is 10. The fraction of sp³-hybridized carbons (Fsp3) is 0. The summed E-state index contributed by atoms with van der Waals surface area (Å²) in [5, 5.41) is 9.74. The zero-order valence-electron chi connectivity index (χ0n) is 29.8. The van der Waals surface area contributed by atoms with Crippen LogP contribution < -0.4 is 0 Å². The smallest absolute Gasteiger partial charge is 0.135 e. The molecule has 0 aliphatic heterocycles. The van der Waals surface area contributed by atoms with E-state index in [0.717, 1.165) is 27.6 Å². The molecule has 0 unspecified atom stereocenters. The van der Waals surface area contributed by atoms with Gasteiger partial charge in [0, 0.05) is 43.7 Å². The number of furan rings is 1. The molecule has 3 aromatic heterocycles. The van der Waals surface area contributed by atoms with Crippen molar-refractivity contribution in [1.29, 1.82) is 0 Å². The molecule has 0 bridgehead atoms. The van der Waals surface area contributed by atoms with E-state index in [9.17, 15) is 0 Å². The first-order valence-electron chi connectivity index (χ1n) is 18.8. The quantitative estimate of drug-likeness (QED) is 0.179. The van der Waals surface area contributed by atoms with Crippen molar-refractivity contribution < 1.29 is 4.42 Å². The Labute approximate surface area is 316 Å². The monoisotopic (exact) mass is 700 g/mol. The van der Waals surface area contributed by atoms with Crippen molar-refractivity contribution in [2.45, 2.75) is 0 Å². The van der Waals surface area contributed by atoms with Crippen molar-refractivity contribution in [3.05, 3.63) is 194 Å². The second-order valence-electron chi connectivity index (χ2n) is 14.6. The first kappa shape index (κ1) is 30.1. The van der Waals surface area contributed by atoms with Crippen LogP contribution in [0.3, 0.4) is 0 Å². The van der Waals surface area contributed by atoms with Crippen molar-refractivity contribution in [1.82, 2.24) is 9.13 Å². The molecule has 3 heteroatoms. The van der Waals surface area contributed by atoms with Gasteiger partial charge in [0.15, 0.2) is 0 Å². The number of para-hydroxylation sites is 4. The molecule has 0 N–H and O–H groups in total. The van der Waals surface area contributed by atoms with E-state index in [4.69, 9.17) is 4.42 Å². The highest BCUT2D eigenvalue weighted by molar-refractivity contribution is 6.13. The molecule has 0 saturated heterocycles. The van der Waals surface area contributed by atoms with Crippen molar-refractivity contribution in [3.63, 3.8) is 0 Å². The van der Waals surface area contributed by atoms with Gasteiger partial charge >= 0.3 is 0 Å². The molecule has 9 aromatic carbocycles. The molecule has 0 atom stereocenters. The summed E-state index contributed by atoms with van der Waals surface area (Å²) in [4.78, 5) is 0. The molecule has 0 radical (unpaired) electrons. The van der Waals surface area contributed by atoms with Crippen LogP contribution in [-0.2, 0) is 0 Å². The normalized spacial score (nSPS) is 12.0. The van der Waals surface area contributed by atoms with Crippen molar-refractivity contribution in [3.8, 4) is 33.6 Å². The van der Waals surface area contributed by atoms with Gasteiger partial charge in [0.05, 0.1) is 22.1 Å². The van der Waals surface area contributed by atoms with Gasteiger partial charge < -0.3 is 13.6 Å². The van der Waals surface area contributed by atoms with Crippen LogP contribution in [-0.4, -0.2) is 9.13 Å². The molecular weight excluding hydrogens is 669 g/mol. The summed E-state index contributed by atoms with van der Waals surface area (Å²) in [6.45, 7) is 0. The summed E-state index contributed by atoms with van der Waals surface area (Å²) in [6.07, 6.45) is 0. The van der Waals surface area contributed by atoms with Crippen LogP contribution >= 0.6 is 0 Å². The van der Waals surface area contributed by atoms with Gasteiger partial charge in [-0.2, -0.15) is 0 Å². The zero-order chi connectivity index (χ0) is 36.0. The average Bonchev–Trinajstić information content (AvgIpc) is 3.90. The molecule has 0 aliphatic rings. The Morgan fingerprint density at radius 1 is 0.273 bits per heavy atom. The van der Waals surface area contributed by atoms with Crippen LogP contribution in [0.25, 0.3) is 110 Å². The fourth-order valence-corrected chi connectivity index (χ4v) is 8.90. The van der Waals surface area contributed by atoms with Crippen molar-refractivity contribution in [2.75, 3.05) is 0 Å². The number of hydrogen-bond donors (Lipinski definition) is 0. The number of rotatable bonds is 4. The minimum Gasteiger partial charge on any atom is -0.456 e. The molecule has 0 saturated carbocycles. The van der Waals surface area contributed by atoms with Gasteiger partial charge in [0.2, 0.25) is 0 Å². The van der Waals surface area contributed by atoms with Gasteiger partial charge in [-0.3, -0.25) is 0 Å².